The SMILES string of the molecule is CCc1nnc([C@]23CC[C@H]2CCN3C(=O)c2cccc(-n3cncn3)c2)o1. The first-order valence-electron chi connectivity index (χ1n) is 9.32. The Bertz CT molecular complexity index is 982. The first-order valence-corrected chi connectivity index (χ1v) is 9.32. The second kappa shape index (κ2) is 6.00. The van der Waals surface area contributed by atoms with Crippen LogP contribution >= 0.6 is 0 Å². The van der Waals surface area contributed by atoms with E-state index >= 15 is 0 Å². The number of aromatic nitrogens is 5. The van der Waals surface area contributed by atoms with Gasteiger partial charge in [-0.2, -0.15) is 5.10 Å². The molecule has 2 atom stereocenters. The summed E-state index contributed by atoms with van der Waals surface area (Å²) in [7, 11) is 0. The maximum absolute atomic E-state index is 13.4. The highest BCUT2D eigenvalue weighted by Crippen LogP contribution is 2.56. The lowest BCUT2D eigenvalue weighted by Crippen LogP contribution is -2.54. The third-order valence-electron chi connectivity index (χ3n) is 5.89. The number of likely N-dealkylation sites (tertiary alicyclic amines) is 1. The van der Waals surface area contributed by atoms with Crippen molar-refractivity contribution in [3.8, 4) is 5.69 Å². The fourth-order valence-electron chi connectivity index (χ4n) is 4.37. The van der Waals surface area contributed by atoms with Gasteiger partial charge < -0.3 is 9.32 Å². The molecule has 2 aliphatic rings. The van der Waals surface area contributed by atoms with E-state index in [-0.39, 0.29) is 5.91 Å². The molecule has 27 heavy (non-hydrogen) atoms. The van der Waals surface area contributed by atoms with Crippen LogP contribution in [0.1, 0.15) is 48.3 Å². The Morgan fingerprint density at radius 3 is 2.96 bits per heavy atom. The van der Waals surface area contributed by atoms with Gasteiger partial charge in [0.25, 0.3) is 5.91 Å². The zero-order valence-corrected chi connectivity index (χ0v) is 15.1. The van der Waals surface area contributed by atoms with Crippen molar-refractivity contribution in [3.63, 3.8) is 0 Å². The summed E-state index contributed by atoms with van der Waals surface area (Å²) in [5.41, 5.74) is 0.994. The van der Waals surface area contributed by atoms with Gasteiger partial charge in [0, 0.05) is 18.5 Å². The minimum atomic E-state index is -0.444. The summed E-state index contributed by atoms with van der Waals surface area (Å²) in [6.45, 7) is 2.70. The van der Waals surface area contributed by atoms with Crippen molar-refractivity contribution in [2.24, 2.45) is 5.92 Å². The molecule has 1 aromatic carbocycles. The van der Waals surface area contributed by atoms with Crippen LogP contribution in [-0.2, 0) is 12.0 Å². The van der Waals surface area contributed by atoms with Gasteiger partial charge in [0.15, 0.2) is 0 Å². The summed E-state index contributed by atoms with van der Waals surface area (Å²) >= 11 is 0. The zero-order chi connectivity index (χ0) is 18.4. The average Bonchev–Trinajstić information content (AvgIpc) is 3.41. The van der Waals surface area contributed by atoms with Gasteiger partial charge in [0.1, 0.15) is 18.2 Å². The normalized spacial score (nSPS) is 23.9. The van der Waals surface area contributed by atoms with Gasteiger partial charge in [0.05, 0.1) is 5.69 Å². The Morgan fingerprint density at radius 1 is 1.33 bits per heavy atom. The van der Waals surface area contributed by atoms with Crippen molar-refractivity contribution < 1.29 is 9.21 Å². The summed E-state index contributed by atoms with van der Waals surface area (Å²) in [4.78, 5) is 19.3. The predicted molar refractivity (Wildman–Crippen MR) is 95.1 cm³/mol. The van der Waals surface area contributed by atoms with Crippen molar-refractivity contribution in [2.75, 3.05) is 6.54 Å². The average molecular weight is 364 g/mol. The zero-order valence-electron chi connectivity index (χ0n) is 15.1. The molecule has 1 aliphatic carbocycles. The van der Waals surface area contributed by atoms with Crippen molar-refractivity contribution in [3.05, 3.63) is 54.3 Å². The molecule has 0 unspecified atom stereocenters. The number of amides is 1. The summed E-state index contributed by atoms with van der Waals surface area (Å²) in [5.74, 6) is 1.60. The van der Waals surface area contributed by atoms with E-state index in [9.17, 15) is 4.79 Å². The molecule has 0 spiro atoms. The molecule has 0 radical (unpaired) electrons. The lowest BCUT2D eigenvalue weighted by molar-refractivity contribution is -0.00356. The van der Waals surface area contributed by atoms with E-state index in [0.717, 1.165) is 24.9 Å². The Balaban J connectivity index is 1.50. The molecule has 8 nitrogen and oxygen atoms in total. The third kappa shape index (κ3) is 2.32. The first kappa shape index (κ1) is 16.2. The molecule has 1 saturated heterocycles. The van der Waals surface area contributed by atoms with Gasteiger partial charge in [-0.3, -0.25) is 4.79 Å². The molecular formula is C19H20N6O2. The number of fused-ring (bicyclic) bond motifs is 1. The molecule has 1 saturated carbocycles. The summed E-state index contributed by atoms with van der Waals surface area (Å²) in [6.07, 6.45) is 6.72. The van der Waals surface area contributed by atoms with Gasteiger partial charge in [-0.05, 0) is 43.4 Å². The molecule has 5 rings (SSSR count). The summed E-state index contributed by atoms with van der Waals surface area (Å²) in [6, 6.07) is 7.46. The molecular weight excluding hydrogens is 344 g/mol. The van der Waals surface area contributed by atoms with Crippen LogP contribution in [0.4, 0.5) is 0 Å². The molecule has 3 heterocycles. The van der Waals surface area contributed by atoms with E-state index in [4.69, 9.17) is 4.42 Å². The maximum Gasteiger partial charge on any atom is 0.254 e. The largest absolute Gasteiger partial charge is 0.423 e. The van der Waals surface area contributed by atoms with Crippen LogP contribution in [0, 0.1) is 5.92 Å². The Kier molecular flexibility index (Phi) is 3.60. The Morgan fingerprint density at radius 2 is 2.26 bits per heavy atom. The fraction of sp³-hybridized carbons (Fsp3) is 0.421. The van der Waals surface area contributed by atoms with E-state index in [0.29, 0.717) is 36.2 Å². The second-order valence-electron chi connectivity index (χ2n) is 7.15. The maximum atomic E-state index is 13.4. The molecule has 1 amide bonds. The van der Waals surface area contributed by atoms with Gasteiger partial charge in [-0.1, -0.05) is 13.0 Å². The monoisotopic (exact) mass is 364 g/mol. The predicted octanol–water partition coefficient (Wildman–Crippen LogP) is 2.36. The topological polar surface area (TPSA) is 89.9 Å². The lowest BCUT2D eigenvalue weighted by atomic mass is 9.67. The quantitative estimate of drug-likeness (QED) is 0.706. The molecule has 0 bridgehead atoms. The van der Waals surface area contributed by atoms with Crippen LogP contribution in [0.25, 0.3) is 5.69 Å². The third-order valence-corrected chi connectivity index (χ3v) is 5.89. The van der Waals surface area contributed by atoms with Crippen LogP contribution in [0.5, 0.6) is 0 Å². The van der Waals surface area contributed by atoms with Crippen molar-refractivity contribution in [1.29, 1.82) is 0 Å². The highest BCUT2D eigenvalue weighted by Gasteiger charge is 2.61. The minimum Gasteiger partial charge on any atom is -0.423 e. The van der Waals surface area contributed by atoms with Crippen molar-refractivity contribution >= 4 is 5.91 Å². The van der Waals surface area contributed by atoms with Crippen LogP contribution in [0.2, 0.25) is 0 Å². The van der Waals surface area contributed by atoms with E-state index in [1.165, 1.54) is 6.33 Å². The summed E-state index contributed by atoms with van der Waals surface area (Å²) in [5, 5.41) is 12.6. The van der Waals surface area contributed by atoms with E-state index in [2.05, 4.69) is 20.3 Å². The smallest absolute Gasteiger partial charge is 0.254 e. The summed E-state index contributed by atoms with van der Waals surface area (Å²) < 4.78 is 7.55. The van der Waals surface area contributed by atoms with Crippen LogP contribution in [0.15, 0.2) is 41.3 Å². The molecule has 2 fully saturated rings. The number of hydrogen-bond acceptors (Lipinski definition) is 6. The van der Waals surface area contributed by atoms with E-state index in [1.54, 1.807) is 11.0 Å². The number of carbonyl (C=O) groups is 1. The van der Waals surface area contributed by atoms with Crippen molar-refractivity contribution in [2.45, 2.75) is 38.1 Å². The number of hydrogen-bond donors (Lipinski definition) is 0. The van der Waals surface area contributed by atoms with Crippen LogP contribution < -0.4 is 0 Å². The Hall–Kier alpha value is -3.03. The van der Waals surface area contributed by atoms with Crippen molar-refractivity contribution in [1.82, 2.24) is 29.9 Å². The first-order chi connectivity index (χ1) is 13.2. The standard InChI is InChI=1S/C19H20N6O2/c1-2-16-22-23-18(27-16)19-8-6-14(19)7-9-24(19)17(26)13-4-3-5-15(10-13)25-12-20-11-21-25/h3-5,10-12,14H,2,6-9H2,1H3/t14-,19-/m0/s1. The van der Waals surface area contributed by atoms with E-state index < -0.39 is 5.54 Å². The second-order valence-corrected chi connectivity index (χ2v) is 7.15. The van der Waals surface area contributed by atoms with E-state index in [1.807, 2.05) is 36.1 Å². The van der Waals surface area contributed by atoms with Gasteiger partial charge in [-0.25, -0.2) is 9.67 Å². The van der Waals surface area contributed by atoms with Crippen LogP contribution in [0.3, 0.4) is 0 Å². The van der Waals surface area contributed by atoms with Gasteiger partial charge >= 0.3 is 0 Å². The highest BCUT2D eigenvalue weighted by atomic mass is 16.4. The lowest BCUT2D eigenvalue weighted by Gasteiger charge is -2.47. The minimum absolute atomic E-state index is 0.00425. The fourth-order valence-corrected chi connectivity index (χ4v) is 4.37. The van der Waals surface area contributed by atoms with Crippen LogP contribution in [-0.4, -0.2) is 42.3 Å². The number of rotatable bonds is 4. The van der Waals surface area contributed by atoms with Gasteiger partial charge in [0.2, 0.25) is 11.8 Å². The molecule has 8 heteroatoms. The number of carbonyl (C=O) groups excluding carboxylic acids is 1. The number of nitrogens with zero attached hydrogens (tertiary/aromatic N) is 6. The molecule has 3 aromatic rings. The molecule has 1 aliphatic heterocycles. The number of aryl methyl sites for hydroxylation is 1. The Labute approximate surface area is 156 Å². The molecule has 2 aromatic heterocycles. The number of benzene rings is 1. The molecule has 138 valence electrons. The highest BCUT2D eigenvalue weighted by molar-refractivity contribution is 5.95. The van der Waals surface area contributed by atoms with Gasteiger partial charge in [-0.15, -0.1) is 10.2 Å². The molecule has 0 N–H and O–H groups in total.